The van der Waals surface area contributed by atoms with E-state index in [0.29, 0.717) is 23.3 Å². The second-order valence-corrected chi connectivity index (χ2v) is 4.30. The number of nitro groups is 1. The Morgan fingerprint density at radius 1 is 1.32 bits per heavy atom. The van der Waals surface area contributed by atoms with Crippen molar-refractivity contribution in [2.45, 2.75) is 26.2 Å². The highest BCUT2D eigenvalue weighted by molar-refractivity contribution is 5.88. The van der Waals surface area contributed by atoms with Crippen LogP contribution in [0.3, 0.4) is 0 Å². The lowest BCUT2D eigenvalue weighted by Crippen LogP contribution is -2.02. The molecule has 0 unspecified atom stereocenters. The third-order valence-corrected chi connectivity index (χ3v) is 2.90. The average molecular weight is 260 g/mol. The number of hydrogen-bond acceptors (Lipinski definition) is 4. The van der Waals surface area contributed by atoms with Crippen LogP contribution in [0.25, 0.3) is 10.9 Å². The number of benzene rings is 1. The Balaban J connectivity index is 2.35. The van der Waals surface area contributed by atoms with Gasteiger partial charge < -0.3 is 4.74 Å². The maximum absolute atomic E-state index is 11.0. The van der Waals surface area contributed by atoms with Gasteiger partial charge in [0.25, 0.3) is 0 Å². The number of para-hydroxylation sites is 1. The van der Waals surface area contributed by atoms with E-state index in [1.165, 1.54) is 6.20 Å². The van der Waals surface area contributed by atoms with Crippen LogP contribution in [0.4, 0.5) is 5.69 Å². The first-order valence-electron chi connectivity index (χ1n) is 6.39. The largest absolute Gasteiger partial charge is 0.486 e. The third-order valence-electron chi connectivity index (χ3n) is 2.90. The van der Waals surface area contributed by atoms with Crippen molar-refractivity contribution in [1.29, 1.82) is 0 Å². The molecule has 0 spiro atoms. The number of fused-ring (bicyclic) bond motifs is 1. The Kier molecular flexibility index (Phi) is 4.28. The Bertz CT molecular complexity index is 584. The minimum Gasteiger partial charge on any atom is -0.486 e. The summed E-state index contributed by atoms with van der Waals surface area (Å²) in [6.45, 7) is 2.59. The Labute approximate surface area is 111 Å². The quantitative estimate of drug-likeness (QED) is 0.451. The average Bonchev–Trinajstić information content (AvgIpc) is 2.43. The molecule has 2 rings (SSSR count). The van der Waals surface area contributed by atoms with Crippen LogP contribution in [-0.4, -0.2) is 16.5 Å². The standard InChI is InChI=1S/C14H16N2O3/c1-2-3-6-9-19-14-11-7-4-5-8-12(11)15-10-13(14)16(17)18/h4-5,7-8,10H,2-3,6,9H2,1H3. The van der Waals surface area contributed by atoms with Crippen molar-refractivity contribution in [2.24, 2.45) is 0 Å². The van der Waals surface area contributed by atoms with Gasteiger partial charge in [0.2, 0.25) is 5.75 Å². The van der Waals surface area contributed by atoms with Crippen molar-refractivity contribution in [3.05, 3.63) is 40.6 Å². The monoisotopic (exact) mass is 260 g/mol. The lowest BCUT2D eigenvalue weighted by molar-refractivity contribution is -0.386. The smallest absolute Gasteiger partial charge is 0.329 e. The maximum atomic E-state index is 11.0. The van der Waals surface area contributed by atoms with Crippen LogP contribution in [0.2, 0.25) is 0 Å². The molecule has 0 aliphatic rings. The molecule has 5 heteroatoms. The fraction of sp³-hybridized carbons (Fsp3) is 0.357. The molecule has 0 saturated carbocycles. The van der Waals surface area contributed by atoms with E-state index in [0.717, 1.165) is 19.3 Å². The zero-order valence-electron chi connectivity index (χ0n) is 10.8. The molecule has 0 aliphatic heterocycles. The molecular formula is C14H16N2O3. The second-order valence-electron chi connectivity index (χ2n) is 4.30. The van der Waals surface area contributed by atoms with Gasteiger partial charge in [-0.2, -0.15) is 0 Å². The first kappa shape index (κ1) is 13.3. The van der Waals surface area contributed by atoms with E-state index >= 15 is 0 Å². The van der Waals surface area contributed by atoms with Crippen LogP contribution in [0.1, 0.15) is 26.2 Å². The highest BCUT2D eigenvalue weighted by Crippen LogP contribution is 2.33. The predicted octanol–water partition coefficient (Wildman–Crippen LogP) is 3.71. The van der Waals surface area contributed by atoms with E-state index < -0.39 is 4.92 Å². The summed E-state index contributed by atoms with van der Waals surface area (Å²) in [5.74, 6) is 0.326. The van der Waals surface area contributed by atoms with Gasteiger partial charge in [-0.25, -0.2) is 4.98 Å². The zero-order chi connectivity index (χ0) is 13.7. The van der Waals surface area contributed by atoms with Crippen molar-refractivity contribution in [1.82, 2.24) is 4.98 Å². The van der Waals surface area contributed by atoms with Crippen LogP contribution in [0, 0.1) is 10.1 Å². The van der Waals surface area contributed by atoms with Gasteiger partial charge in [0.15, 0.2) is 0 Å². The minimum absolute atomic E-state index is 0.0739. The van der Waals surface area contributed by atoms with Crippen molar-refractivity contribution < 1.29 is 9.66 Å². The van der Waals surface area contributed by atoms with E-state index in [2.05, 4.69) is 11.9 Å². The topological polar surface area (TPSA) is 65.3 Å². The molecule has 2 aromatic rings. The molecule has 1 aromatic carbocycles. The van der Waals surface area contributed by atoms with E-state index in [1.54, 1.807) is 6.07 Å². The van der Waals surface area contributed by atoms with Crippen molar-refractivity contribution >= 4 is 16.6 Å². The van der Waals surface area contributed by atoms with E-state index in [9.17, 15) is 10.1 Å². The maximum Gasteiger partial charge on any atom is 0.329 e. The lowest BCUT2D eigenvalue weighted by Gasteiger charge is -2.09. The number of rotatable bonds is 6. The van der Waals surface area contributed by atoms with Gasteiger partial charge in [0.05, 0.1) is 17.0 Å². The first-order chi connectivity index (χ1) is 9.24. The SMILES string of the molecule is CCCCCOc1c([N+](=O)[O-])cnc2ccccc12. The number of unbranched alkanes of at least 4 members (excludes halogenated alkanes) is 2. The van der Waals surface area contributed by atoms with Gasteiger partial charge in [0, 0.05) is 5.39 Å². The van der Waals surface area contributed by atoms with Crippen LogP contribution >= 0.6 is 0 Å². The van der Waals surface area contributed by atoms with Crippen LogP contribution in [0.5, 0.6) is 5.75 Å². The number of aromatic nitrogens is 1. The zero-order valence-corrected chi connectivity index (χ0v) is 10.8. The summed E-state index contributed by atoms with van der Waals surface area (Å²) in [6, 6.07) is 7.29. The van der Waals surface area contributed by atoms with Gasteiger partial charge in [-0.15, -0.1) is 0 Å². The molecule has 1 heterocycles. The Morgan fingerprint density at radius 2 is 2.11 bits per heavy atom. The van der Waals surface area contributed by atoms with E-state index in [4.69, 9.17) is 4.74 Å². The Morgan fingerprint density at radius 3 is 2.84 bits per heavy atom. The van der Waals surface area contributed by atoms with Gasteiger partial charge in [-0.05, 0) is 18.6 Å². The van der Waals surface area contributed by atoms with Gasteiger partial charge >= 0.3 is 5.69 Å². The molecule has 0 amide bonds. The Hall–Kier alpha value is -2.17. The minimum atomic E-state index is -0.450. The number of nitrogens with zero attached hydrogens (tertiary/aromatic N) is 2. The third kappa shape index (κ3) is 2.99. The van der Waals surface area contributed by atoms with Crippen LogP contribution in [0.15, 0.2) is 30.5 Å². The van der Waals surface area contributed by atoms with Gasteiger partial charge in [-0.3, -0.25) is 10.1 Å². The molecule has 0 N–H and O–H groups in total. The molecular weight excluding hydrogens is 244 g/mol. The lowest BCUT2D eigenvalue weighted by atomic mass is 10.2. The highest BCUT2D eigenvalue weighted by Gasteiger charge is 2.19. The predicted molar refractivity (Wildman–Crippen MR) is 73.4 cm³/mol. The summed E-state index contributed by atoms with van der Waals surface area (Å²) in [6.07, 6.45) is 4.29. The van der Waals surface area contributed by atoms with Crippen LogP contribution in [-0.2, 0) is 0 Å². The molecule has 0 radical (unpaired) electrons. The molecule has 100 valence electrons. The van der Waals surface area contributed by atoms with Crippen LogP contribution < -0.4 is 4.74 Å². The van der Waals surface area contributed by atoms with Gasteiger partial charge in [0.1, 0.15) is 6.20 Å². The molecule has 0 saturated heterocycles. The molecule has 0 atom stereocenters. The van der Waals surface area contributed by atoms with Crippen molar-refractivity contribution in [3.8, 4) is 5.75 Å². The molecule has 0 aliphatic carbocycles. The first-order valence-corrected chi connectivity index (χ1v) is 6.39. The molecule has 1 aromatic heterocycles. The highest BCUT2D eigenvalue weighted by atomic mass is 16.6. The second kappa shape index (κ2) is 6.13. The summed E-state index contributed by atoms with van der Waals surface area (Å²) < 4.78 is 5.63. The summed E-state index contributed by atoms with van der Waals surface area (Å²) in [5.41, 5.74) is 0.633. The summed E-state index contributed by atoms with van der Waals surface area (Å²) in [4.78, 5) is 14.7. The van der Waals surface area contributed by atoms with Crippen molar-refractivity contribution in [3.63, 3.8) is 0 Å². The summed E-state index contributed by atoms with van der Waals surface area (Å²) >= 11 is 0. The number of hydrogen-bond donors (Lipinski definition) is 0. The number of ether oxygens (including phenoxy) is 1. The molecule has 19 heavy (non-hydrogen) atoms. The fourth-order valence-electron chi connectivity index (χ4n) is 1.91. The van der Waals surface area contributed by atoms with E-state index in [1.807, 2.05) is 18.2 Å². The van der Waals surface area contributed by atoms with E-state index in [-0.39, 0.29) is 5.69 Å². The molecule has 0 fully saturated rings. The molecule has 0 bridgehead atoms. The fourth-order valence-corrected chi connectivity index (χ4v) is 1.91. The number of pyridine rings is 1. The van der Waals surface area contributed by atoms with Crippen molar-refractivity contribution in [2.75, 3.05) is 6.61 Å². The summed E-state index contributed by atoms with van der Waals surface area (Å²) in [5, 5.41) is 11.7. The normalized spacial score (nSPS) is 10.6. The van der Waals surface area contributed by atoms with Gasteiger partial charge in [-0.1, -0.05) is 31.9 Å². The molecule has 5 nitrogen and oxygen atoms in total. The summed E-state index contributed by atoms with van der Waals surface area (Å²) in [7, 11) is 0.